The minimum atomic E-state index is -3.72. The summed E-state index contributed by atoms with van der Waals surface area (Å²) in [4.78, 5) is 12.2. The van der Waals surface area contributed by atoms with Crippen LogP contribution in [-0.2, 0) is 11.3 Å². The Balaban J connectivity index is 1.95. The van der Waals surface area contributed by atoms with Gasteiger partial charge in [0, 0.05) is 4.88 Å². The average molecular weight is 340 g/mol. The van der Waals surface area contributed by atoms with E-state index in [0.717, 1.165) is 8.66 Å². The van der Waals surface area contributed by atoms with Gasteiger partial charge in [-0.15, -0.1) is 11.3 Å². The van der Waals surface area contributed by atoms with Crippen LogP contribution in [0.1, 0.15) is 24.1 Å². The van der Waals surface area contributed by atoms with Crippen molar-refractivity contribution in [3.05, 3.63) is 20.8 Å². The largest absolute Gasteiger partial charge is 0.383 e. The molecule has 7 heteroatoms. The lowest BCUT2D eigenvalue weighted by Crippen LogP contribution is -2.60. The van der Waals surface area contributed by atoms with Gasteiger partial charge in [-0.1, -0.05) is 0 Å². The number of halogens is 3. The van der Waals surface area contributed by atoms with Crippen molar-refractivity contribution in [2.24, 2.45) is 0 Å². The Kier molecular flexibility index (Phi) is 3.75. The van der Waals surface area contributed by atoms with Crippen LogP contribution in [0.2, 0.25) is 0 Å². The molecule has 1 heterocycles. The maximum Gasteiger partial charge on any atom is 0.352 e. The van der Waals surface area contributed by atoms with Crippen molar-refractivity contribution >= 4 is 33.2 Å². The molecule has 0 spiro atoms. The van der Waals surface area contributed by atoms with Crippen molar-refractivity contribution in [1.29, 1.82) is 0 Å². The van der Waals surface area contributed by atoms with Gasteiger partial charge in [0.2, 0.25) is 0 Å². The van der Waals surface area contributed by atoms with Gasteiger partial charge in [-0.05, 0) is 47.3 Å². The molecule has 2 N–H and O–H groups in total. The van der Waals surface area contributed by atoms with E-state index in [1.807, 2.05) is 0 Å². The number of hydrogen-bond acceptors (Lipinski definition) is 3. The summed E-state index contributed by atoms with van der Waals surface area (Å²) in [7, 11) is 0. The van der Waals surface area contributed by atoms with Gasteiger partial charge in [0.15, 0.2) is 0 Å². The quantitative estimate of drug-likeness (QED) is 0.885. The van der Waals surface area contributed by atoms with Gasteiger partial charge in [-0.25, -0.2) is 0 Å². The summed E-state index contributed by atoms with van der Waals surface area (Å²) >= 11 is 4.61. The first kappa shape index (κ1) is 13.9. The molecule has 1 saturated carbocycles. The zero-order valence-corrected chi connectivity index (χ0v) is 11.8. The van der Waals surface area contributed by atoms with E-state index < -0.39 is 17.4 Å². The van der Waals surface area contributed by atoms with Crippen LogP contribution in [0.15, 0.2) is 15.9 Å². The van der Waals surface area contributed by atoms with E-state index in [1.165, 1.54) is 11.3 Å². The highest BCUT2D eigenvalue weighted by Crippen LogP contribution is 2.44. The van der Waals surface area contributed by atoms with E-state index in [9.17, 15) is 18.7 Å². The molecule has 1 aromatic heterocycles. The van der Waals surface area contributed by atoms with Gasteiger partial charge in [0.05, 0.1) is 10.3 Å². The summed E-state index contributed by atoms with van der Waals surface area (Å²) in [5, 5.41) is 11.8. The number of rotatable bonds is 4. The van der Waals surface area contributed by atoms with Gasteiger partial charge in [-0.2, -0.15) is 8.78 Å². The average Bonchev–Trinajstić information content (AvgIpc) is 2.68. The summed E-state index contributed by atoms with van der Waals surface area (Å²) in [5.41, 5.74) is -2.16. The molecular weight excluding hydrogens is 328 g/mol. The number of carbonyl (C=O) groups excluding carboxylic acids is 1. The number of nitrogens with one attached hydrogen (secondary N) is 1. The molecule has 0 aromatic carbocycles. The third-order valence-corrected chi connectivity index (χ3v) is 4.73. The molecule has 0 bridgehead atoms. The molecular formula is C11H12BrF2NO2S. The zero-order valence-electron chi connectivity index (χ0n) is 9.38. The number of carbonyl (C=O) groups is 1. The molecule has 1 aromatic rings. The predicted octanol–water partition coefficient (Wildman–Crippen LogP) is 2.68. The number of alkyl halides is 2. The van der Waals surface area contributed by atoms with Crippen molar-refractivity contribution in [2.45, 2.75) is 37.3 Å². The topological polar surface area (TPSA) is 49.3 Å². The Bertz CT molecular complexity index is 460. The second kappa shape index (κ2) is 4.86. The van der Waals surface area contributed by atoms with Crippen molar-refractivity contribution in [3.8, 4) is 0 Å². The lowest BCUT2D eigenvalue weighted by atomic mass is 9.75. The fraction of sp³-hybridized carbons (Fsp3) is 0.545. The first-order valence-electron chi connectivity index (χ1n) is 5.48. The predicted molar refractivity (Wildman–Crippen MR) is 67.6 cm³/mol. The Morgan fingerprint density at radius 1 is 1.56 bits per heavy atom. The van der Waals surface area contributed by atoms with Crippen LogP contribution in [0, 0.1) is 0 Å². The standard InChI is InChI=1S/C11H12BrF2NO2S/c12-8-3-2-7(18-8)6-15-9(16)11(13,14)10(17)4-1-5-10/h2-3,17H,1,4-6H2,(H,15,16). The maximum absolute atomic E-state index is 13.7. The van der Waals surface area contributed by atoms with Crippen LogP contribution in [0.4, 0.5) is 8.78 Å². The Labute approximate surface area is 115 Å². The highest BCUT2D eigenvalue weighted by molar-refractivity contribution is 9.11. The van der Waals surface area contributed by atoms with Gasteiger partial charge in [-0.3, -0.25) is 4.79 Å². The van der Waals surface area contributed by atoms with Crippen LogP contribution in [0.3, 0.4) is 0 Å². The van der Waals surface area contributed by atoms with Crippen LogP contribution in [0.25, 0.3) is 0 Å². The van der Waals surface area contributed by atoms with Crippen LogP contribution < -0.4 is 5.32 Å². The molecule has 1 aliphatic carbocycles. The molecule has 0 atom stereocenters. The van der Waals surface area contributed by atoms with E-state index in [0.29, 0.717) is 6.42 Å². The number of aliphatic hydroxyl groups is 1. The second-order valence-corrected chi connectivity index (χ2v) is 6.90. The number of hydrogen-bond donors (Lipinski definition) is 2. The number of thiophene rings is 1. The lowest BCUT2D eigenvalue weighted by molar-refractivity contribution is -0.216. The Morgan fingerprint density at radius 2 is 2.22 bits per heavy atom. The molecule has 0 unspecified atom stereocenters. The van der Waals surface area contributed by atoms with Gasteiger partial charge in [0.25, 0.3) is 5.91 Å². The summed E-state index contributed by atoms with van der Waals surface area (Å²) < 4.78 is 28.2. The van der Waals surface area contributed by atoms with E-state index in [2.05, 4.69) is 21.2 Å². The Morgan fingerprint density at radius 3 is 2.67 bits per heavy atom. The smallest absolute Gasteiger partial charge is 0.352 e. The van der Waals surface area contributed by atoms with Crippen LogP contribution in [0.5, 0.6) is 0 Å². The van der Waals surface area contributed by atoms with E-state index in [4.69, 9.17) is 0 Å². The first-order chi connectivity index (χ1) is 8.35. The molecule has 18 heavy (non-hydrogen) atoms. The van der Waals surface area contributed by atoms with Gasteiger partial charge >= 0.3 is 5.92 Å². The lowest BCUT2D eigenvalue weighted by Gasteiger charge is -2.41. The molecule has 0 aliphatic heterocycles. The van der Waals surface area contributed by atoms with Crippen LogP contribution >= 0.6 is 27.3 Å². The molecule has 1 aliphatic rings. The molecule has 0 saturated heterocycles. The van der Waals surface area contributed by atoms with Crippen molar-refractivity contribution < 1.29 is 18.7 Å². The van der Waals surface area contributed by atoms with Crippen LogP contribution in [-0.4, -0.2) is 22.5 Å². The maximum atomic E-state index is 13.7. The monoisotopic (exact) mass is 339 g/mol. The summed E-state index contributed by atoms with van der Waals surface area (Å²) in [5.74, 6) is -5.13. The SMILES string of the molecule is O=C(NCc1ccc(Br)s1)C(F)(F)C1(O)CCC1. The fourth-order valence-electron chi connectivity index (χ4n) is 1.76. The summed E-state index contributed by atoms with van der Waals surface area (Å²) in [6, 6.07) is 3.52. The van der Waals surface area contributed by atoms with Crippen molar-refractivity contribution in [1.82, 2.24) is 5.32 Å². The van der Waals surface area contributed by atoms with Crippen molar-refractivity contribution in [3.63, 3.8) is 0 Å². The van der Waals surface area contributed by atoms with E-state index >= 15 is 0 Å². The highest BCUT2D eigenvalue weighted by atomic mass is 79.9. The fourth-order valence-corrected chi connectivity index (χ4v) is 3.19. The zero-order chi connectivity index (χ0) is 13.4. The number of amides is 1. The normalized spacial score (nSPS) is 18.2. The van der Waals surface area contributed by atoms with E-state index in [1.54, 1.807) is 12.1 Å². The second-order valence-electron chi connectivity index (χ2n) is 4.35. The molecule has 1 amide bonds. The molecule has 2 rings (SSSR count). The summed E-state index contributed by atoms with van der Waals surface area (Å²) in [6.45, 7) is 0.0424. The molecule has 100 valence electrons. The summed E-state index contributed by atoms with van der Waals surface area (Å²) in [6.07, 6.45) is 0.465. The van der Waals surface area contributed by atoms with Gasteiger partial charge in [0.1, 0.15) is 5.60 Å². The van der Waals surface area contributed by atoms with Crippen molar-refractivity contribution in [2.75, 3.05) is 0 Å². The third kappa shape index (κ3) is 2.44. The molecule has 1 fully saturated rings. The Hall–Kier alpha value is -0.530. The third-order valence-electron chi connectivity index (χ3n) is 3.10. The van der Waals surface area contributed by atoms with Gasteiger partial charge < -0.3 is 10.4 Å². The molecule has 0 radical (unpaired) electrons. The minimum absolute atomic E-state index is 0.0298. The molecule has 3 nitrogen and oxygen atoms in total. The first-order valence-corrected chi connectivity index (χ1v) is 7.09. The minimum Gasteiger partial charge on any atom is -0.383 e. The van der Waals surface area contributed by atoms with E-state index in [-0.39, 0.29) is 19.4 Å². The highest BCUT2D eigenvalue weighted by Gasteiger charge is 2.61.